The van der Waals surface area contributed by atoms with Gasteiger partial charge in [-0.25, -0.2) is 0 Å². The maximum absolute atomic E-state index is 3.70. The predicted molar refractivity (Wildman–Crippen MR) is 87.9 cm³/mol. The highest BCUT2D eigenvalue weighted by atomic mass is 79.9. The Kier molecular flexibility index (Phi) is 3.81. The number of rotatable bonds is 3. The van der Waals surface area contributed by atoms with E-state index < -0.39 is 0 Å². The van der Waals surface area contributed by atoms with Crippen LogP contribution < -0.4 is 10.2 Å². The highest BCUT2D eigenvalue weighted by Gasteiger charge is 2.19. The zero-order valence-corrected chi connectivity index (χ0v) is 13.4. The van der Waals surface area contributed by atoms with Crippen LogP contribution in [-0.2, 0) is 13.1 Å². The normalized spacial score (nSPS) is 15.2. The molecule has 0 amide bonds. The van der Waals surface area contributed by atoms with Crippen LogP contribution in [0.15, 0.2) is 46.9 Å². The first kappa shape index (κ1) is 13.7. The molecule has 3 rings (SSSR count). The monoisotopic (exact) mass is 330 g/mol. The summed E-state index contributed by atoms with van der Waals surface area (Å²) in [5, 5.41) is 3.28. The smallest absolute Gasteiger partial charge is 0.0436 e. The molecule has 1 aliphatic rings. The topological polar surface area (TPSA) is 15.3 Å². The van der Waals surface area contributed by atoms with Crippen LogP contribution in [0, 0.1) is 0 Å². The number of hydrogen-bond acceptors (Lipinski definition) is 2. The molecule has 0 aromatic heterocycles. The summed E-state index contributed by atoms with van der Waals surface area (Å²) >= 11 is 3.70. The Morgan fingerprint density at radius 1 is 1.10 bits per heavy atom. The predicted octanol–water partition coefficient (Wildman–Crippen LogP) is 4.25. The van der Waals surface area contributed by atoms with E-state index in [4.69, 9.17) is 0 Å². The van der Waals surface area contributed by atoms with Crippen LogP contribution in [0.25, 0.3) is 0 Å². The second-order valence-corrected chi connectivity index (χ2v) is 6.20. The van der Waals surface area contributed by atoms with Gasteiger partial charge in [0.05, 0.1) is 0 Å². The highest BCUT2D eigenvalue weighted by Crippen LogP contribution is 2.32. The molecule has 1 atom stereocenters. The van der Waals surface area contributed by atoms with Crippen LogP contribution in [0.2, 0.25) is 0 Å². The minimum atomic E-state index is 0.356. The molecule has 0 saturated heterocycles. The van der Waals surface area contributed by atoms with Gasteiger partial charge in [-0.2, -0.15) is 0 Å². The second kappa shape index (κ2) is 5.58. The van der Waals surface area contributed by atoms with Crippen molar-refractivity contribution in [2.75, 3.05) is 11.9 Å². The first-order chi connectivity index (χ1) is 9.69. The molecule has 1 unspecified atom stereocenters. The Bertz CT molecular complexity index is 599. The van der Waals surface area contributed by atoms with Crippen molar-refractivity contribution >= 4 is 21.6 Å². The zero-order chi connectivity index (χ0) is 14.1. The van der Waals surface area contributed by atoms with Gasteiger partial charge in [-0.3, -0.25) is 0 Å². The summed E-state index contributed by atoms with van der Waals surface area (Å²) in [5.41, 5.74) is 5.46. The van der Waals surface area contributed by atoms with E-state index in [1.54, 1.807) is 0 Å². The number of benzene rings is 2. The van der Waals surface area contributed by atoms with Crippen molar-refractivity contribution in [1.82, 2.24) is 5.32 Å². The van der Waals surface area contributed by atoms with Gasteiger partial charge in [0, 0.05) is 29.3 Å². The van der Waals surface area contributed by atoms with Gasteiger partial charge in [0.15, 0.2) is 0 Å². The molecule has 1 heterocycles. The summed E-state index contributed by atoms with van der Waals surface area (Å²) in [6, 6.07) is 15.7. The molecular formula is C17H19BrN2. The number of halogens is 1. The van der Waals surface area contributed by atoms with E-state index in [2.05, 4.69) is 75.5 Å². The molecule has 0 saturated carbocycles. The molecule has 2 nitrogen and oxygen atoms in total. The molecule has 0 radical (unpaired) electrons. The molecule has 0 fully saturated rings. The first-order valence-corrected chi connectivity index (χ1v) is 7.77. The van der Waals surface area contributed by atoms with Crippen LogP contribution >= 0.6 is 15.9 Å². The molecule has 104 valence electrons. The van der Waals surface area contributed by atoms with Gasteiger partial charge >= 0.3 is 0 Å². The zero-order valence-electron chi connectivity index (χ0n) is 11.9. The molecule has 1 aliphatic heterocycles. The molecule has 0 aliphatic carbocycles. The third-order valence-corrected chi connectivity index (χ3v) is 4.78. The van der Waals surface area contributed by atoms with E-state index in [1.807, 2.05) is 7.05 Å². The van der Waals surface area contributed by atoms with Crippen molar-refractivity contribution in [2.24, 2.45) is 0 Å². The lowest BCUT2D eigenvalue weighted by molar-refractivity contribution is 0.649. The summed E-state index contributed by atoms with van der Waals surface area (Å²) in [7, 11) is 1.99. The van der Waals surface area contributed by atoms with Crippen molar-refractivity contribution in [2.45, 2.75) is 26.1 Å². The SMILES string of the molecule is CNC(C)c1ccc(N2Cc3ccccc3C2)cc1Br. The fourth-order valence-electron chi connectivity index (χ4n) is 2.74. The van der Waals surface area contributed by atoms with Crippen LogP contribution in [0.4, 0.5) is 5.69 Å². The van der Waals surface area contributed by atoms with Gasteiger partial charge in [0.1, 0.15) is 0 Å². The molecule has 1 N–H and O–H groups in total. The van der Waals surface area contributed by atoms with Crippen molar-refractivity contribution in [3.63, 3.8) is 0 Å². The lowest BCUT2D eigenvalue weighted by Crippen LogP contribution is -2.16. The fourth-order valence-corrected chi connectivity index (χ4v) is 3.45. The van der Waals surface area contributed by atoms with E-state index in [0.29, 0.717) is 6.04 Å². The quantitative estimate of drug-likeness (QED) is 0.904. The maximum atomic E-state index is 3.70. The van der Waals surface area contributed by atoms with E-state index >= 15 is 0 Å². The van der Waals surface area contributed by atoms with Crippen LogP contribution in [0.5, 0.6) is 0 Å². The average Bonchev–Trinajstić information content (AvgIpc) is 2.90. The Labute approximate surface area is 128 Å². The number of nitrogens with one attached hydrogen (secondary N) is 1. The molecular weight excluding hydrogens is 312 g/mol. The summed E-state index contributed by atoms with van der Waals surface area (Å²) in [5.74, 6) is 0. The fraction of sp³-hybridized carbons (Fsp3) is 0.294. The molecule has 3 heteroatoms. The van der Waals surface area contributed by atoms with E-state index in [1.165, 1.54) is 26.9 Å². The molecule has 2 aromatic rings. The number of fused-ring (bicyclic) bond motifs is 1. The minimum Gasteiger partial charge on any atom is -0.363 e. The van der Waals surface area contributed by atoms with Crippen molar-refractivity contribution in [3.05, 3.63) is 63.6 Å². The third-order valence-electron chi connectivity index (χ3n) is 4.09. The van der Waals surface area contributed by atoms with E-state index in [-0.39, 0.29) is 0 Å². The summed E-state index contributed by atoms with van der Waals surface area (Å²) in [6.45, 7) is 4.18. The van der Waals surface area contributed by atoms with Crippen molar-refractivity contribution in [1.29, 1.82) is 0 Å². The van der Waals surface area contributed by atoms with Crippen molar-refractivity contribution in [3.8, 4) is 0 Å². The van der Waals surface area contributed by atoms with E-state index in [0.717, 1.165) is 13.1 Å². The van der Waals surface area contributed by atoms with Crippen LogP contribution in [0.1, 0.15) is 29.7 Å². The van der Waals surface area contributed by atoms with Gasteiger partial charge in [0.2, 0.25) is 0 Å². The third kappa shape index (κ3) is 2.48. The Morgan fingerprint density at radius 3 is 2.30 bits per heavy atom. The lowest BCUT2D eigenvalue weighted by atomic mass is 10.1. The second-order valence-electron chi connectivity index (χ2n) is 5.34. The number of anilines is 1. The van der Waals surface area contributed by atoms with Gasteiger partial charge < -0.3 is 10.2 Å². The standard InChI is InChI=1S/C17H19BrN2/c1-12(19-2)16-8-7-15(9-17(16)18)20-10-13-5-3-4-6-14(13)11-20/h3-9,12,19H,10-11H2,1-2H3. The number of hydrogen-bond donors (Lipinski definition) is 1. The van der Waals surface area contributed by atoms with Gasteiger partial charge in [0.25, 0.3) is 0 Å². The Balaban J connectivity index is 1.85. The van der Waals surface area contributed by atoms with Crippen molar-refractivity contribution < 1.29 is 0 Å². The highest BCUT2D eigenvalue weighted by molar-refractivity contribution is 9.10. The lowest BCUT2D eigenvalue weighted by Gasteiger charge is -2.20. The average molecular weight is 331 g/mol. The summed E-state index contributed by atoms with van der Waals surface area (Å²) in [4.78, 5) is 2.42. The van der Waals surface area contributed by atoms with Gasteiger partial charge in [-0.15, -0.1) is 0 Å². The maximum Gasteiger partial charge on any atom is 0.0436 e. The van der Waals surface area contributed by atoms with E-state index in [9.17, 15) is 0 Å². The molecule has 0 bridgehead atoms. The number of nitrogens with zero attached hydrogens (tertiary/aromatic N) is 1. The largest absolute Gasteiger partial charge is 0.363 e. The minimum absolute atomic E-state index is 0.356. The molecule has 20 heavy (non-hydrogen) atoms. The Hall–Kier alpha value is -1.32. The summed E-state index contributed by atoms with van der Waals surface area (Å²) < 4.78 is 1.17. The van der Waals surface area contributed by atoms with Gasteiger partial charge in [-0.1, -0.05) is 46.3 Å². The first-order valence-electron chi connectivity index (χ1n) is 6.97. The van der Waals surface area contributed by atoms with Gasteiger partial charge in [-0.05, 0) is 42.8 Å². The molecule has 0 spiro atoms. The van der Waals surface area contributed by atoms with Crippen LogP contribution in [-0.4, -0.2) is 7.05 Å². The summed E-state index contributed by atoms with van der Waals surface area (Å²) in [6.07, 6.45) is 0. The van der Waals surface area contributed by atoms with Crippen LogP contribution in [0.3, 0.4) is 0 Å². The molecule has 2 aromatic carbocycles. The Morgan fingerprint density at radius 2 is 1.75 bits per heavy atom.